The molecule has 0 aliphatic carbocycles. The normalized spacial score (nSPS) is 18.4. The van der Waals surface area contributed by atoms with Crippen LogP contribution in [0.2, 0.25) is 0 Å². The smallest absolute Gasteiger partial charge is 0.223 e. The van der Waals surface area contributed by atoms with Gasteiger partial charge in [-0.1, -0.05) is 0 Å². The molecule has 0 bridgehead atoms. The maximum absolute atomic E-state index is 12.5. The summed E-state index contributed by atoms with van der Waals surface area (Å²) in [5.74, 6) is 2.31. The number of hydrogen-bond donors (Lipinski definition) is 0. The van der Waals surface area contributed by atoms with E-state index in [-0.39, 0.29) is 5.91 Å². The van der Waals surface area contributed by atoms with Crippen molar-refractivity contribution in [2.24, 2.45) is 7.05 Å². The number of rotatable bonds is 4. The van der Waals surface area contributed by atoms with Gasteiger partial charge in [0.25, 0.3) is 0 Å². The first-order valence-corrected chi connectivity index (χ1v) is 9.01. The summed E-state index contributed by atoms with van der Waals surface area (Å²) < 4.78 is 13.2. The van der Waals surface area contributed by atoms with Crippen molar-refractivity contribution in [1.82, 2.24) is 19.7 Å². The van der Waals surface area contributed by atoms with Crippen LogP contribution in [0.25, 0.3) is 0 Å². The molecule has 25 heavy (non-hydrogen) atoms. The van der Waals surface area contributed by atoms with Gasteiger partial charge in [0.2, 0.25) is 5.91 Å². The summed E-state index contributed by atoms with van der Waals surface area (Å²) in [7, 11) is 1.90. The Hall–Kier alpha value is -2.15. The molecule has 2 aliphatic heterocycles. The van der Waals surface area contributed by atoms with Crippen molar-refractivity contribution in [3.63, 3.8) is 0 Å². The number of nitrogens with zero attached hydrogens (tertiary/aromatic N) is 4. The minimum Gasteiger partial charge on any atom is -0.445 e. The van der Waals surface area contributed by atoms with E-state index < -0.39 is 0 Å². The maximum atomic E-state index is 12.5. The molecule has 0 unspecified atom stereocenters. The number of carbonyl (C=O) groups is 1. The zero-order valence-electron chi connectivity index (χ0n) is 14.6. The fourth-order valence-corrected chi connectivity index (χ4v) is 3.59. The first-order valence-electron chi connectivity index (χ1n) is 9.01. The van der Waals surface area contributed by atoms with E-state index in [4.69, 9.17) is 14.1 Å². The fourth-order valence-electron chi connectivity index (χ4n) is 3.59. The Labute approximate surface area is 147 Å². The fraction of sp³-hybridized carbons (Fsp3) is 0.611. The lowest BCUT2D eigenvalue weighted by Crippen LogP contribution is -2.36. The number of oxazole rings is 1. The molecule has 4 rings (SSSR count). The van der Waals surface area contributed by atoms with Crippen molar-refractivity contribution >= 4 is 5.91 Å². The standard InChI is InChI=1S/C18H24N4O3/c1-21-14(4-8-19-21)2-3-17(23)22-9-5-16-15(12-22)20-18(25-16)13-6-10-24-11-7-13/h4,8,13H,2-3,5-7,9-12H2,1H3. The Morgan fingerprint density at radius 2 is 2.20 bits per heavy atom. The van der Waals surface area contributed by atoms with Crippen molar-refractivity contribution in [2.75, 3.05) is 19.8 Å². The number of hydrogen-bond acceptors (Lipinski definition) is 5. The molecule has 1 amide bonds. The molecule has 4 heterocycles. The quantitative estimate of drug-likeness (QED) is 0.846. The van der Waals surface area contributed by atoms with Crippen molar-refractivity contribution in [1.29, 1.82) is 0 Å². The van der Waals surface area contributed by atoms with E-state index in [1.165, 1.54) is 0 Å². The van der Waals surface area contributed by atoms with Crippen LogP contribution < -0.4 is 0 Å². The molecule has 0 atom stereocenters. The molecule has 2 aromatic rings. The van der Waals surface area contributed by atoms with Gasteiger partial charge in [0.05, 0.1) is 6.54 Å². The van der Waals surface area contributed by atoms with Gasteiger partial charge in [-0.15, -0.1) is 0 Å². The Kier molecular flexibility index (Phi) is 4.57. The molecule has 1 fully saturated rings. The second-order valence-corrected chi connectivity index (χ2v) is 6.82. The van der Waals surface area contributed by atoms with E-state index in [1.54, 1.807) is 6.20 Å². The molecule has 2 aromatic heterocycles. The molecular formula is C18H24N4O3. The molecule has 0 N–H and O–H groups in total. The minimum absolute atomic E-state index is 0.169. The van der Waals surface area contributed by atoms with Gasteiger partial charge in [0, 0.05) is 57.5 Å². The topological polar surface area (TPSA) is 73.4 Å². The van der Waals surface area contributed by atoms with E-state index in [2.05, 4.69) is 5.10 Å². The number of ether oxygens (including phenoxy) is 1. The van der Waals surface area contributed by atoms with Gasteiger partial charge < -0.3 is 14.1 Å². The monoisotopic (exact) mass is 344 g/mol. The number of aromatic nitrogens is 3. The Morgan fingerprint density at radius 3 is 2.96 bits per heavy atom. The van der Waals surface area contributed by atoms with Crippen molar-refractivity contribution in [3.05, 3.63) is 35.3 Å². The molecule has 0 aromatic carbocycles. The van der Waals surface area contributed by atoms with Gasteiger partial charge in [0.15, 0.2) is 5.89 Å². The summed E-state index contributed by atoms with van der Waals surface area (Å²) in [6, 6.07) is 1.96. The summed E-state index contributed by atoms with van der Waals surface area (Å²) in [5.41, 5.74) is 2.01. The van der Waals surface area contributed by atoms with Gasteiger partial charge in [-0.2, -0.15) is 5.10 Å². The molecule has 134 valence electrons. The third kappa shape index (κ3) is 3.46. The summed E-state index contributed by atoms with van der Waals surface area (Å²) in [5, 5.41) is 4.14. The third-order valence-electron chi connectivity index (χ3n) is 5.18. The van der Waals surface area contributed by atoms with Crippen LogP contribution in [0.1, 0.15) is 48.2 Å². The van der Waals surface area contributed by atoms with Crippen molar-refractivity contribution in [2.45, 2.75) is 44.6 Å². The highest BCUT2D eigenvalue weighted by Gasteiger charge is 2.28. The Balaban J connectivity index is 1.37. The van der Waals surface area contributed by atoms with E-state index in [0.29, 0.717) is 31.8 Å². The zero-order chi connectivity index (χ0) is 17.2. The Bertz CT molecular complexity index is 745. The van der Waals surface area contributed by atoms with Crippen LogP contribution in [0.3, 0.4) is 0 Å². The lowest BCUT2D eigenvalue weighted by molar-refractivity contribution is -0.132. The Morgan fingerprint density at radius 1 is 1.36 bits per heavy atom. The van der Waals surface area contributed by atoms with E-state index in [0.717, 1.165) is 55.5 Å². The molecule has 0 spiro atoms. The van der Waals surface area contributed by atoms with Gasteiger partial charge >= 0.3 is 0 Å². The van der Waals surface area contributed by atoms with Gasteiger partial charge in [-0.25, -0.2) is 4.98 Å². The summed E-state index contributed by atoms with van der Waals surface area (Å²) in [6.07, 6.45) is 5.66. The largest absolute Gasteiger partial charge is 0.445 e. The summed E-state index contributed by atoms with van der Waals surface area (Å²) in [4.78, 5) is 19.1. The van der Waals surface area contributed by atoms with Gasteiger partial charge in [0.1, 0.15) is 11.5 Å². The third-order valence-corrected chi connectivity index (χ3v) is 5.18. The van der Waals surface area contributed by atoms with Crippen molar-refractivity contribution < 1.29 is 13.9 Å². The molecule has 0 saturated carbocycles. The highest BCUT2D eigenvalue weighted by atomic mass is 16.5. The molecular weight excluding hydrogens is 320 g/mol. The van der Waals surface area contributed by atoms with Crippen LogP contribution >= 0.6 is 0 Å². The lowest BCUT2D eigenvalue weighted by Gasteiger charge is -2.25. The van der Waals surface area contributed by atoms with E-state index in [1.807, 2.05) is 22.7 Å². The average molecular weight is 344 g/mol. The number of amides is 1. The highest BCUT2D eigenvalue weighted by molar-refractivity contribution is 5.76. The van der Waals surface area contributed by atoms with Crippen LogP contribution in [0.15, 0.2) is 16.7 Å². The molecule has 2 aliphatic rings. The zero-order valence-corrected chi connectivity index (χ0v) is 14.6. The molecule has 0 radical (unpaired) electrons. The SMILES string of the molecule is Cn1nccc1CCC(=O)N1CCc2oc(C3CCOCC3)nc2C1. The predicted octanol–water partition coefficient (Wildman–Crippen LogP) is 1.82. The van der Waals surface area contributed by atoms with Crippen LogP contribution in [0, 0.1) is 0 Å². The van der Waals surface area contributed by atoms with E-state index in [9.17, 15) is 4.79 Å². The predicted molar refractivity (Wildman–Crippen MR) is 89.9 cm³/mol. The number of fused-ring (bicyclic) bond motifs is 1. The van der Waals surface area contributed by atoms with Crippen molar-refractivity contribution in [3.8, 4) is 0 Å². The number of aryl methyl sites for hydroxylation is 2. The average Bonchev–Trinajstić information content (AvgIpc) is 3.25. The van der Waals surface area contributed by atoms with E-state index >= 15 is 0 Å². The second-order valence-electron chi connectivity index (χ2n) is 6.82. The minimum atomic E-state index is 0.169. The summed E-state index contributed by atoms with van der Waals surface area (Å²) >= 11 is 0. The lowest BCUT2D eigenvalue weighted by atomic mass is 10.0. The molecule has 7 heteroatoms. The number of carbonyl (C=O) groups excluding carboxylic acids is 1. The van der Waals surface area contributed by atoms with Crippen LogP contribution in [0.4, 0.5) is 0 Å². The maximum Gasteiger partial charge on any atom is 0.223 e. The molecule has 7 nitrogen and oxygen atoms in total. The summed E-state index contributed by atoms with van der Waals surface area (Å²) in [6.45, 7) is 2.82. The van der Waals surface area contributed by atoms with Gasteiger partial charge in [-0.3, -0.25) is 9.48 Å². The molecule has 1 saturated heterocycles. The van der Waals surface area contributed by atoms with Crippen LogP contribution in [0.5, 0.6) is 0 Å². The highest BCUT2D eigenvalue weighted by Crippen LogP contribution is 2.30. The van der Waals surface area contributed by atoms with Crippen LogP contribution in [-0.2, 0) is 36.0 Å². The van der Waals surface area contributed by atoms with Gasteiger partial charge in [-0.05, 0) is 25.3 Å². The second kappa shape index (κ2) is 7.00. The first-order chi connectivity index (χ1) is 12.2. The first kappa shape index (κ1) is 16.3. The van der Waals surface area contributed by atoms with Crippen LogP contribution in [-0.4, -0.2) is 45.3 Å².